The Hall–Kier alpha value is -3.69. The lowest BCUT2D eigenvalue weighted by Crippen LogP contribution is -2.51. The molecule has 15 heteroatoms. The van der Waals surface area contributed by atoms with Gasteiger partial charge < -0.3 is 20.1 Å². The van der Waals surface area contributed by atoms with Crippen LogP contribution in [0.15, 0.2) is 52.8 Å². The summed E-state index contributed by atoms with van der Waals surface area (Å²) in [5, 5.41) is 6.10. The van der Waals surface area contributed by atoms with Crippen LogP contribution in [-0.2, 0) is 21.1 Å². The zero-order valence-corrected chi connectivity index (χ0v) is 20.0. The van der Waals surface area contributed by atoms with Gasteiger partial charge in [0.15, 0.2) is 6.73 Å². The summed E-state index contributed by atoms with van der Waals surface area (Å²) in [6.07, 6.45) is -2.23. The van der Waals surface area contributed by atoms with Crippen molar-refractivity contribution in [2.75, 3.05) is 35.6 Å². The van der Waals surface area contributed by atoms with E-state index in [0.717, 1.165) is 23.4 Å². The van der Waals surface area contributed by atoms with E-state index in [1.54, 1.807) is 17.2 Å². The fraction of sp³-hybridized carbons (Fsp3) is 0.286. The maximum atomic E-state index is 13.4. The Morgan fingerprint density at radius 1 is 1.25 bits per heavy atom. The summed E-state index contributed by atoms with van der Waals surface area (Å²) in [6.45, 7) is 2.21. The number of ether oxygens (including phenoxy) is 2. The van der Waals surface area contributed by atoms with Crippen LogP contribution >= 0.6 is 0 Å². The first-order valence-corrected chi connectivity index (χ1v) is 12.1. The maximum absolute atomic E-state index is 13.4. The molecular formula is C21H22F3N5O6S. The molecule has 5 rings (SSSR count). The van der Waals surface area contributed by atoms with Gasteiger partial charge in [0, 0.05) is 23.5 Å². The van der Waals surface area contributed by atoms with E-state index in [2.05, 4.69) is 21.1 Å². The topological polar surface area (TPSA) is 134 Å². The molecule has 0 saturated carbocycles. The predicted molar refractivity (Wildman–Crippen MR) is 125 cm³/mol. The number of anilines is 3. The van der Waals surface area contributed by atoms with Crippen LogP contribution in [0.2, 0.25) is 0 Å². The zero-order valence-electron chi connectivity index (χ0n) is 19.2. The maximum Gasteiger partial charge on any atom is 0.416 e. The number of benzene rings is 2. The van der Waals surface area contributed by atoms with Crippen LogP contribution in [0.5, 0.6) is 11.5 Å². The van der Waals surface area contributed by atoms with Crippen LogP contribution in [0.1, 0.15) is 12.5 Å². The first kappa shape index (κ1) is 25.4. The van der Waals surface area contributed by atoms with Crippen molar-refractivity contribution < 1.29 is 40.5 Å². The molecule has 1 saturated heterocycles. The third kappa shape index (κ3) is 5.27. The lowest BCUT2D eigenvalue weighted by Gasteiger charge is -2.36. The van der Waals surface area contributed by atoms with Crippen molar-refractivity contribution in [1.29, 1.82) is 0 Å². The highest BCUT2D eigenvalue weighted by atomic mass is 32.2. The molecule has 2 bridgehead atoms. The van der Waals surface area contributed by atoms with Gasteiger partial charge in [0.2, 0.25) is 0 Å². The minimum absolute atomic E-state index is 0.0526. The van der Waals surface area contributed by atoms with Gasteiger partial charge in [0.1, 0.15) is 17.3 Å². The van der Waals surface area contributed by atoms with Gasteiger partial charge in [-0.25, -0.2) is 15.3 Å². The van der Waals surface area contributed by atoms with E-state index in [1.165, 1.54) is 13.2 Å². The van der Waals surface area contributed by atoms with Gasteiger partial charge in [-0.1, -0.05) is 0 Å². The largest absolute Gasteiger partial charge is 0.497 e. The Labute approximate surface area is 204 Å². The summed E-state index contributed by atoms with van der Waals surface area (Å²) in [6, 6.07) is 8.84. The Morgan fingerprint density at radius 2 is 1.97 bits per heavy atom. The SMILES string of the molecule is COc1cc(NC23N=CC(C)=C(NO2)N3c2ccc3c(c2)NCO3)cc(C(F)(F)F)c1.CS(=O)(=O)O. The number of hydrogen-bond donors (Lipinski definition) is 4. The Kier molecular flexibility index (Phi) is 6.40. The molecule has 3 heterocycles. The number of fused-ring (bicyclic) bond motifs is 3. The Morgan fingerprint density at radius 3 is 2.64 bits per heavy atom. The van der Waals surface area contributed by atoms with Crippen molar-refractivity contribution in [1.82, 2.24) is 5.48 Å². The second-order valence-electron chi connectivity index (χ2n) is 7.89. The fourth-order valence-corrected chi connectivity index (χ4v) is 3.62. The van der Waals surface area contributed by atoms with Gasteiger partial charge >= 0.3 is 12.1 Å². The molecule has 1 unspecified atom stereocenters. The molecule has 0 aromatic heterocycles. The number of halogens is 3. The van der Waals surface area contributed by atoms with E-state index in [0.29, 0.717) is 30.2 Å². The second-order valence-corrected chi connectivity index (χ2v) is 9.36. The van der Waals surface area contributed by atoms with E-state index in [9.17, 15) is 21.6 Å². The molecule has 1 atom stereocenters. The highest BCUT2D eigenvalue weighted by Crippen LogP contribution is 2.43. The summed E-state index contributed by atoms with van der Waals surface area (Å²) >= 11 is 0. The minimum atomic E-state index is -4.54. The summed E-state index contributed by atoms with van der Waals surface area (Å²) in [5.74, 6) is -0.171. The standard InChI is InChI=1S/C20H18F3N5O3.CH4O3S/c1-11-9-25-20(26-13-5-12(19(21,22)23)6-15(7-13)29-2)28(18(11)27-31-20)14-3-4-17-16(8-14)24-10-30-17;1-5(2,3)4/h3-9,24,26-27H,10H2,1-2H3;1H3,(H,2,3,4). The fourth-order valence-electron chi connectivity index (χ4n) is 3.62. The van der Waals surface area contributed by atoms with Crippen LogP contribution in [0.4, 0.5) is 30.2 Å². The van der Waals surface area contributed by atoms with Gasteiger partial charge in [0.05, 0.1) is 30.3 Å². The molecule has 1 fully saturated rings. The van der Waals surface area contributed by atoms with Crippen LogP contribution in [-0.4, -0.2) is 45.3 Å². The molecular weight excluding hydrogens is 507 g/mol. The molecule has 194 valence electrons. The van der Waals surface area contributed by atoms with Crippen LogP contribution in [0, 0.1) is 0 Å². The van der Waals surface area contributed by atoms with Crippen LogP contribution < -0.4 is 30.5 Å². The third-order valence-corrected chi connectivity index (χ3v) is 5.11. The zero-order chi connectivity index (χ0) is 26.3. The summed E-state index contributed by atoms with van der Waals surface area (Å²) < 4.78 is 76.5. The molecule has 0 radical (unpaired) electrons. The number of methoxy groups -OCH3 is 1. The number of alkyl halides is 3. The molecule has 11 nitrogen and oxygen atoms in total. The first-order valence-electron chi connectivity index (χ1n) is 10.3. The molecule has 0 aliphatic carbocycles. The van der Waals surface area contributed by atoms with Gasteiger partial charge in [-0.2, -0.15) is 21.6 Å². The smallest absolute Gasteiger partial charge is 0.416 e. The van der Waals surface area contributed by atoms with Gasteiger partial charge in [-0.3, -0.25) is 9.45 Å². The third-order valence-electron chi connectivity index (χ3n) is 5.11. The minimum Gasteiger partial charge on any atom is -0.497 e. The quantitative estimate of drug-likeness (QED) is 0.437. The molecule has 3 aliphatic heterocycles. The number of hydroxylamine groups is 1. The Bertz CT molecular complexity index is 1340. The molecule has 36 heavy (non-hydrogen) atoms. The van der Waals surface area contributed by atoms with E-state index < -0.39 is 27.8 Å². The molecule has 2 aromatic carbocycles. The molecule has 0 spiro atoms. The lowest BCUT2D eigenvalue weighted by molar-refractivity contribution is -0.137. The number of rotatable bonds is 4. The molecule has 0 amide bonds. The highest BCUT2D eigenvalue weighted by molar-refractivity contribution is 7.85. The molecule has 3 aliphatic rings. The number of aliphatic imine (C=N–C) groups is 1. The number of nitrogens with one attached hydrogen (secondary N) is 3. The summed E-state index contributed by atoms with van der Waals surface area (Å²) in [7, 11) is -2.36. The van der Waals surface area contributed by atoms with Crippen molar-refractivity contribution in [3.05, 3.63) is 53.4 Å². The average Bonchev–Trinajstić information content (AvgIpc) is 3.36. The van der Waals surface area contributed by atoms with Gasteiger partial charge in [-0.05, 0) is 37.3 Å². The highest BCUT2D eigenvalue weighted by Gasteiger charge is 2.50. The monoisotopic (exact) mass is 529 g/mol. The molecule has 2 aromatic rings. The van der Waals surface area contributed by atoms with E-state index in [4.69, 9.17) is 18.9 Å². The number of hydrogen-bond acceptors (Lipinski definition) is 10. The summed E-state index contributed by atoms with van der Waals surface area (Å²) in [5.41, 5.74) is 4.38. The van der Waals surface area contributed by atoms with Crippen molar-refractivity contribution >= 4 is 33.4 Å². The first-order chi connectivity index (χ1) is 16.8. The van der Waals surface area contributed by atoms with Crippen molar-refractivity contribution in [2.45, 2.75) is 19.1 Å². The van der Waals surface area contributed by atoms with Crippen LogP contribution in [0.3, 0.4) is 0 Å². The van der Waals surface area contributed by atoms with Gasteiger partial charge in [0.25, 0.3) is 10.1 Å². The normalized spacial score (nSPS) is 20.0. The average molecular weight is 529 g/mol. The molecule has 4 N–H and O–H groups in total. The van der Waals surface area contributed by atoms with Crippen molar-refractivity contribution in [2.24, 2.45) is 4.99 Å². The van der Waals surface area contributed by atoms with Crippen LogP contribution in [0.25, 0.3) is 0 Å². The van der Waals surface area contributed by atoms with Crippen molar-refractivity contribution in [3.8, 4) is 11.5 Å². The van der Waals surface area contributed by atoms with Crippen molar-refractivity contribution in [3.63, 3.8) is 0 Å². The predicted octanol–water partition coefficient (Wildman–Crippen LogP) is 3.36. The van der Waals surface area contributed by atoms with E-state index in [-0.39, 0.29) is 11.4 Å². The number of nitrogens with zero attached hydrogens (tertiary/aromatic N) is 2. The second kappa shape index (κ2) is 9.07. The Balaban J connectivity index is 0.000000556. The lowest BCUT2D eigenvalue weighted by atomic mass is 10.1. The number of allylic oxidation sites excluding steroid dienone is 1. The van der Waals surface area contributed by atoms with Gasteiger partial charge in [-0.15, -0.1) is 0 Å². The van der Waals surface area contributed by atoms with E-state index >= 15 is 0 Å². The van der Waals surface area contributed by atoms with E-state index in [1.807, 2.05) is 19.1 Å². The summed E-state index contributed by atoms with van der Waals surface area (Å²) in [4.78, 5) is 12.0.